The molecule has 8 heteroatoms. The second-order valence-electron chi connectivity index (χ2n) is 7.98. The monoisotopic (exact) mass is 432 g/mol. The maximum atomic E-state index is 13.0. The van der Waals surface area contributed by atoms with Crippen molar-refractivity contribution in [1.82, 2.24) is 4.90 Å². The van der Waals surface area contributed by atoms with Crippen molar-refractivity contribution in [3.05, 3.63) is 23.8 Å². The van der Waals surface area contributed by atoms with Crippen LogP contribution in [0.1, 0.15) is 44.6 Å². The molecule has 1 aromatic rings. The first kappa shape index (κ1) is 23.7. The zero-order valence-corrected chi connectivity index (χ0v) is 17.8. The van der Waals surface area contributed by atoms with Crippen LogP contribution in [0.25, 0.3) is 0 Å². The molecule has 0 radical (unpaired) electrons. The van der Waals surface area contributed by atoms with Crippen LogP contribution >= 0.6 is 12.4 Å². The van der Waals surface area contributed by atoms with Crippen molar-refractivity contribution in [2.45, 2.75) is 58.2 Å². The van der Waals surface area contributed by atoms with E-state index in [0.717, 1.165) is 31.2 Å². The third kappa shape index (κ3) is 5.72. The third-order valence-corrected chi connectivity index (χ3v) is 6.08. The van der Waals surface area contributed by atoms with Crippen LogP contribution < -0.4 is 15.2 Å². The Balaban J connectivity index is 0.00000300. The van der Waals surface area contributed by atoms with Gasteiger partial charge in [0.25, 0.3) is 0 Å². The molecule has 0 aromatic heterocycles. The minimum Gasteiger partial charge on any atom is -0.490 e. The van der Waals surface area contributed by atoms with Gasteiger partial charge in [-0.25, -0.2) is 0 Å². The van der Waals surface area contributed by atoms with Gasteiger partial charge in [-0.1, -0.05) is 12.5 Å². The molecule has 164 valence electrons. The van der Waals surface area contributed by atoms with E-state index < -0.39 is 6.61 Å². The Morgan fingerprint density at radius 3 is 2.48 bits per heavy atom. The maximum absolute atomic E-state index is 13.0. The van der Waals surface area contributed by atoms with Crippen LogP contribution in [0, 0.1) is 17.8 Å². The van der Waals surface area contributed by atoms with Gasteiger partial charge in [-0.2, -0.15) is 8.78 Å². The fourth-order valence-electron chi connectivity index (χ4n) is 4.77. The van der Waals surface area contributed by atoms with Crippen LogP contribution in [0.3, 0.4) is 0 Å². The van der Waals surface area contributed by atoms with Gasteiger partial charge in [-0.15, -0.1) is 12.4 Å². The summed E-state index contributed by atoms with van der Waals surface area (Å²) in [5.74, 6) is 1.32. The first-order valence-electron chi connectivity index (χ1n) is 10.1. The molecule has 0 aliphatic heterocycles. The normalized spacial score (nSPS) is 25.9. The Morgan fingerprint density at radius 2 is 1.90 bits per heavy atom. The molecule has 2 N–H and O–H groups in total. The molecular weight excluding hydrogens is 402 g/mol. The highest BCUT2D eigenvalue weighted by Crippen LogP contribution is 2.42. The number of nitrogens with two attached hydrogens (primary N) is 1. The number of halogens is 3. The minimum absolute atomic E-state index is 0. The molecule has 2 aliphatic carbocycles. The molecule has 2 saturated carbocycles. The van der Waals surface area contributed by atoms with Crippen LogP contribution in [0.15, 0.2) is 18.2 Å². The van der Waals surface area contributed by atoms with Crippen molar-refractivity contribution in [1.29, 1.82) is 0 Å². The summed E-state index contributed by atoms with van der Waals surface area (Å²) in [6, 6.07) is 5.06. The average Bonchev–Trinajstić information content (AvgIpc) is 2.63. The Labute approximate surface area is 177 Å². The molecule has 0 heterocycles. The molecule has 2 atom stereocenters. The first-order chi connectivity index (χ1) is 13.4. The molecular formula is C21H31ClF2N2O3. The fourth-order valence-corrected chi connectivity index (χ4v) is 4.77. The number of alkyl halides is 2. The topological polar surface area (TPSA) is 64.8 Å². The summed E-state index contributed by atoms with van der Waals surface area (Å²) in [6.45, 7) is -0.403. The van der Waals surface area contributed by atoms with Gasteiger partial charge in [-0.3, -0.25) is 4.79 Å². The Hall–Kier alpha value is -1.60. The predicted molar refractivity (Wildman–Crippen MR) is 109 cm³/mol. The van der Waals surface area contributed by atoms with E-state index in [9.17, 15) is 13.6 Å². The SMILES string of the molecule is CCOc1cc(CN(C)C(=O)C2CC3CCCC(C2)C3N)ccc1OC(F)F.Cl. The zero-order valence-electron chi connectivity index (χ0n) is 17.0. The summed E-state index contributed by atoms with van der Waals surface area (Å²) < 4.78 is 35.0. The van der Waals surface area contributed by atoms with Crippen molar-refractivity contribution < 1.29 is 23.0 Å². The quantitative estimate of drug-likeness (QED) is 0.700. The van der Waals surface area contributed by atoms with Crippen LogP contribution in [-0.2, 0) is 11.3 Å². The molecule has 5 nitrogen and oxygen atoms in total. The van der Waals surface area contributed by atoms with Gasteiger partial charge < -0.3 is 20.1 Å². The van der Waals surface area contributed by atoms with Gasteiger partial charge in [0, 0.05) is 25.6 Å². The number of carbonyl (C=O) groups is 1. The Bertz CT molecular complexity index is 678. The summed E-state index contributed by atoms with van der Waals surface area (Å²) in [7, 11) is 1.79. The van der Waals surface area contributed by atoms with Crippen LogP contribution in [0.4, 0.5) is 8.78 Å². The van der Waals surface area contributed by atoms with Crippen LogP contribution in [0.5, 0.6) is 11.5 Å². The summed E-state index contributed by atoms with van der Waals surface area (Å²) in [5, 5.41) is 0. The average molecular weight is 433 g/mol. The molecule has 2 aliphatic rings. The van der Waals surface area contributed by atoms with Gasteiger partial charge >= 0.3 is 6.61 Å². The molecule has 1 aromatic carbocycles. The van der Waals surface area contributed by atoms with Crippen molar-refractivity contribution in [3.8, 4) is 11.5 Å². The van der Waals surface area contributed by atoms with Crippen molar-refractivity contribution in [2.24, 2.45) is 23.5 Å². The van der Waals surface area contributed by atoms with Gasteiger partial charge in [0.2, 0.25) is 5.91 Å². The number of hydrogen-bond donors (Lipinski definition) is 1. The molecule has 1 amide bonds. The number of benzene rings is 1. The largest absolute Gasteiger partial charge is 0.490 e. The number of ether oxygens (including phenoxy) is 2. The van der Waals surface area contributed by atoms with Crippen molar-refractivity contribution in [3.63, 3.8) is 0 Å². The molecule has 2 bridgehead atoms. The summed E-state index contributed by atoms with van der Waals surface area (Å²) in [5.41, 5.74) is 7.15. The predicted octanol–water partition coefficient (Wildman–Crippen LogP) is 4.22. The van der Waals surface area contributed by atoms with Crippen molar-refractivity contribution in [2.75, 3.05) is 13.7 Å². The van der Waals surface area contributed by atoms with Crippen molar-refractivity contribution >= 4 is 18.3 Å². The van der Waals surface area contributed by atoms with E-state index in [1.54, 1.807) is 31.0 Å². The molecule has 3 rings (SSSR count). The highest BCUT2D eigenvalue weighted by molar-refractivity contribution is 5.85. The number of carbonyl (C=O) groups excluding carboxylic acids is 1. The summed E-state index contributed by atoms with van der Waals surface area (Å²) in [6.07, 6.45) is 5.19. The second-order valence-corrected chi connectivity index (χ2v) is 7.98. The lowest BCUT2D eigenvalue weighted by molar-refractivity contribution is -0.137. The lowest BCUT2D eigenvalue weighted by Gasteiger charge is -2.44. The van der Waals surface area contributed by atoms with Crippen LogP contribution in [-0.4, -0.2) is 37.1 Å². The van der Waals surface area contributed by atoms with Gasteiger partial charge in [0.15, 0.2) is 11.5 Å². The van der Waals surface area contributed by atoms with E-state index in [2.05, 4.69) is 4.74 Å². The Kier molecular flexibility index (Phi) is 8.52. The summed E-state index contributed by atoms with van der Waals surface area (Å²) >= 11 is 0. The van der Waals surface area contributed by atoms with E-state index in [0.29, 0.717) is 25.0 Å². The Morgan fingerprint density at radius 1 is 1.24 bits per heavy atom. The number of rotatable bonds is 7. The van der Waals surface area contributed by atoms with E-state index in [1.807, 2.05) is 0 Å². The number of hydrogen-bond acceptors (Lipinski definition) is 4. The van der Waals surface area contributed by atoms with Crippen LogP contribution in [0.2, 0.25) is 0 Å². The highest BCUT2D eigenvalue weighted by Gasteiger charge is 2.41. The highest BCUT2D eigenvalue weighted by atomic mass is 35.5. The number of amides is 1. The molecule has 2 fully saturated rings. The molecule has 0 saturated heterocycles. The summed E-state index contributed by atoms with van der Waals surface area (Å²) in [4.78, 5) is 14.7. The third-order valence-electron chi connectivity index (χ3n) is 6.08. The van der Waals surface area contributed by atoms with E-state index in [-0.39, 0.29) is 41.8 Å². The van der Waals surface area contributed by atoms with E-state index in [1.165, 1.54) is 12.5 Å². The fraction of sp³-hybridized carbons (Fsp3) is 0.667. The lowest BCUT2D eigenvalue weighted by Crippen LogP contribution is -2.49. The van der Waals surface area contributed by atoms with E-state index >= 15 is 0 Å². The first-order valence-corrected chi connectivity index (χ1v) is 10.1. The number of fused-ring (bicyclic) bond motifs is 2. The van der Waals surface area contributed by atoms with Gasteiger partial charge in [-0.05, 0) is 62.1 Å². The minimum atomic E-state index is -2.91. The molecule has 2 unspecified atom stereocenters. The lowest BCUT2D eigenvalue weighted by atomic mass is 9.65. The van der Waals surface area contributed by atoms with E-state index in [4.69, 9.17) is 10.5 Å². The maximum Gasteiger partial charge on any atom is 0.387 e. The van der Waals surface area contributed by atoms with Gasteiger partial charge in [0.1, 0.15) is 0 Å². The standard InChI is InChI=1S/C21H30F2N2O3.ClH/c1-3-27-18-9-13(7-8-17(18)28-21(22)23)12-25(2)20(26)16-10-14-5-4-6-15(11-16)19(14)24;/h7-9,14-16,19,21H,3-6,10-12,24H2,1-2H3;1H. The van der Waals surface area contributed by atoms with Gasteiger partial charge in [0.05, 0.1) is 6.61 Å². The number of nitrogens with zero attached hydrogens (tertiary/aromatic N) is 1. The molecule has 29 heavy (non-hydrogen) atoms. The second kappa shape index (κ2) is 10.4. The zero-order chi connectivity index (χ0) is 20.3. The smallest absolute Gasteiger partial charge is 0.387 e. The molecule has 0 spiro atoms.